The van der Waals surface area contributed by atoms with Gasteiger partial charge in [-0.1, -0.05) is 26.0 Å². The Balaban J connectivity index is 2.20. The van der Waals surface area contributed by atoms with E-state index in [9.17, 15) is 13.2 Å². The third-order valence-electron chi connectivity index (χ3n) is 3.75. The highest BCUT2D eigenvalue weighted by Crippen LogP contribution is 2.26. The zero-order valence-corrected chi connectivity index (χ0v) is 16.2. The van der Waals surface area contributed by atoms with Crippen molar-refractivity contribution in [2.24, 2.45) is 5.92 Å². The van der Waals surface area contributed by atoms with Crippen molar-refractivity contribution in [3.8, 4) is 5.75 Å². The molecule has 2 aromatic carbocycles. The molecule has 0 aliphatic heterocycles. The van der Waals surface area contributed by atoms with Crippen LogP contribution in [-0.4, -0.2) is 39.9 Å². The van der Waals surface area contributed by atoms with Crippen molar-refractivity contribution >= 4 is 21.6 Å². The monoisotopic (exact) mass is 376 g/mol. The highest BCUT2D eigenvalue weighted by atomic mass is 32.2. The highest BCUT2D eigenvalue weighted by molar-refractivity contribution is 7.92. The first-order valence-corrected chi connectivity index (χ1v) is 9.74. The molecule has 0 spiro atoms. The van der Waals surface area contributed by atoms with Gasteiger partial charge in [-0.15, -0.1) is 0 Å². The number of nitrogens with zero attached hydrogens (tertiary/aromatic N) is 1. The molecule has 0 saturated heterocycles. The number of hydrogen-bond acceptors (Lipinski definition) is 4. The maximum atomic E-state index is 12.6. The van der Waals surface area contributed by atoms with Crippen molar-refractivity contribution in [3.63, 3.8) is 0 Å². The molecule has 140 valence electrons. The second kappa shape index (κ2) is 8.23. The number of nitrogens with one attached hydrogen (secondary N) is 1. The normalized spacial score (nSPS) is 11.3. The van der Waals surface area contributed by atoms with E-state index in [0.29, 0.717) is 29.5 Å². The van der Waals surface area contributed by atoms with Gasteiger partial charge < -0.3 is 9.64 Å². The maximum Gasteiger partial charge on any atom is 0.262 e. The van der Waals surface area contributed by atoms with Crippen molar-refractivity contribution in [2.75, 3.05) is 25.4 Å². The second-order valence-corrected chi connectivity index (χ2v) is 8.09. The molecule has 1 amide bonds. The predicted octanol–water partition coefficient (Wildman–Crippen LogP) is 3.22. The largest absolute Gasteiger partial charge is 0.495 e. The van der Waals surface area contributed by atoms with E-state index in [-0.39, 0.29) is 10.8 Å². The molecule has 0 saturated carbocycles. The van der Waals surface area contributed by atoms with E-state index in [1.807, 2.05) is 13.8 Å². The summed E-state index contributed by atoms with van der Waals surface area (Å²) in [6.07, 6.45) is 0. The van der Waals surface area contributed by atoms with Crippen LogP contribution in [0.5, 0.6) is 5.75 Å². The van der Waals surface area contributed by atoms with Gasteiger partial charge in [-0.3, -0.25) is 9.52 Å². The van der Waals surface area contributed by atoms with Crippen LogP contribution in [-0.2, 0) is 10.0 Å². The van der Waals surface area contributed by atoms with E-state index in [4.69, 9.17) is 4.74 Å². The Kier molecular flexibility index (Phi) is 6.26. The Labute approximate surface area is 154 Å². The smallest absolute Gasteiger partial charge is 0.262 e. The molecular formula is C19H24N2O4S. The number of carbonyl (C=O) groups excluding carboxylic acids is 1. The number of para-hydroxylation sites is 2. The number of hydrogen-bond donors (Lipinski definition) is 1. The first-order chi connectivity index (χ1) is 12.2. The van der Waals surface area contributed by atoms with Gasteiger partial charge in [-0.2, -0.15) is 0 Å². The van der Waals surface area contributed by atoms with E-state index in [1.165, 1.54) is 31.4 Å². The van der Waals surface area contributed by atoms with E-state index in [0.717, 1.165) is 0 Å². The molecule has 6 nitrogen and oxygen atoms in total. The fourth-order valence-electron chi connectivity index (χ4n) is 2.56. The first-order valence-electron chi connectivity index (χ1n) is 8.26. The van der Waals surface area contributed by atoms with Gasteiger partial charge >= 0.3 is 0 Å². The van der Waals surface area contributed by atoms with Gasteiger partial charge in [0.05, 0.1) is 17.7 Å². The van der Waals surface area contributed by atoms with Crippen molar-refractivity contribution in [3.05, 3.63) is 54.1 Å². The first kappa shape index (κ1) is 19.8. The zero-order chi connectivity index (χ0) is 19.3. The molecule has 2 rings (SSSR count). The molecule has 26 heavy (non-hydrogen) atoms. The molecule has 0 unspecified atom stereocenters. The molecule has 0 aliphatic rings. The Bertz CT molecular complexity index is 861. The Hall–Kier alpha value is -2.54. The van der Waals surface area contributed by atoms with Crippen LogP contribution < -0.4 is 9.46 Å². The third kappa shape index (κ3) is 4.76. The lowest BCUT2D eigenvalue weighted by atomic mass is 10.1. The van der Waals surface area contributed by atoms with Crippen LogP contribution in [0.1, 0.15) is 24.2 Å². The predicted molar refractivity (Wildman–Crippen MR) is 102 cm³/mol. The number of methoxy groups -OCH3 is 1. The number of ether oxygens (including phenoxy) is 1. The third-order valence-corrected chi connectivity index (χ3v) is 5.13. The Morgan fingerprint density at radius 2 is 1.73 bits per heavy atom. The second-order valence-electron chi connectivity index (χ2n) is 6.41. The van der Waals surface area contributed by atoms with Crippen LogP contribution >= 0.6 is 0 Å². The van der Waals surface area contributed by atoms with Gasteiger partial charge in [0.15, 0.2) is 0 Å². The summed E-state index contributed by atoms with van der Waals surface area (Å²) in [4.78, 5) is 14.1. The number of sulfonamides is 1. The number of anilines is 1. The van der Waals surface area contributed by atoms with E-state index in [2.05, 4.69) is 4.72 Å². The van der Waals surface area contributed by atoms with Crippen LogP contribution in [0.4, 0.5) is 5.69 Å². The van der Waals surface area contributed by atoms with Gasteiger partial charge in [-0.05, 0) is 42.3 Å². The average Bonchev–Trinajstić information content (AvgIpc) is 2.60. The van der Waals surface area contributed by atoms with Crippen LogP contribution in [0, 0.1) is 5.92 Å². The van der Waals surface area contributed by atoms with E-state index < -0.39 is 10.0 Å². The molecule has 7 heteroatoms. The topological polar surface area (TPSA) is 75.7 Å². The molecule has 0 aromatic heterocycles. The standard InChI is InChI=1S/C19H24N2O4S/c1-14(2)13-21(3)19(22)15-9-11-16(12-10-15)26(23,24)20-17-7-5-6-8-18(17)25-4/h5-12,14,20H,13H2,1-4H3. The summed E-state index contributed by atoms with van der Waals surface area (Å²) in [6.45, 7) is 4.69. The van der Waals surface area contributed by atoms with Crippen LogP contribution in [0.15, 0.2) is 53.4 Å². The molecule has 1 N–H and O–H groups in total. The van der Waals surface area contributed by atoms with Crippen molar-refractivity contribution in [1.82, 2.24) is 4.90 Å². The minimum Gasteiger partial charge on any atom is -0.495 e. The summed E-state index contributed by atoms with van der Waals surface area (Å²) in [7, 11) is -0.577. The summed E-state index contributed by atoms with van der Waals surface area (Å²) in [5.74, 6) is 0.646. The summed E-state index contributed by atoms with van der Waals surface area (Å²) >= 11 is 0. The van der Waals surface area contributed by atoms with Gasteiger partial charge in [0.1, 0.15) is 5.75 Å². The van der Waals surface area contributed by atoms with Crippen LogP contribution in [0.25, 0.3) is 0 Å². The fraction of sp³-hybridized carbons (Fsp3) is 0.316. The van der Waals surface area contributed by atoms with E-state index in [1.54, 1.807) is 36.2 Å². The fourth-order valence-corrected chi connectivity index (χ4v) is 3.63. The lowest BCUT2D eigenvalue weighted by molar-refractivity contribution is 0.0779. The molecule has 0 atom stereocenters. The quantitative estimate of drug-likeness (QED) is 0.805. The summed E-state index contributed by atoms with van der Waals surface area (Å²) in [6, 6.07) is 12.7. The van der Waals surface area contributed by atoms with Crippen LogP contribution in [0.2, 0.25) is 0 Å². The van der Waals surface area contributed by atoms with Crippen molar-refractivity contribution in [1.29, 1.82) is 0 Å². The zero-order valence-electron chi connectivity index (χ0n) is 15.4. The summed E-state index contributed by atoms with van der Waals surface area (Å²) in [5, 5.41) is 0. The van der Waals surface area contributed by atoms with E-state index >= 15 is 0 Å². The molecular weight excluding hydrogens is 352 g/mol. The van der Waals surface area contributed by atoms with Gasteiger partial charge in [0.25, 0.3) is 15.9 Å². The minimum atomic E-state index is -3.78. The number of amides is 1. The Morgan fingerprint density at radius 1 is 1.12 bits per heavy atom. The maximum absolute atomic E-state index is 12.6. The number of carbonyl (C=O) groups is 1. The highest BCUT2D eigenvalue weighted by Gasteiger charge is 2.18. The average molecular weight is 376 g/mol. The lowest BCUT2D eigenvalue weighted by Crippen LogP contribution is -2.30. The molecule has 0 bridgehead atoms. The molecule has 0 aliphatic carbocycles. The lowest BCUT2D eigenvalue weighted by Gasteiger charge is -2.19. The summed E-state index contributed by atoms with van der Waals surface area (Å²) < 4.78 is 32.8. The minimum absolute atomic E-state index is 0.0754. The number of benzene rings is 2. The molecule has 0 fully saturated rings. The van der Waals surface area contributed by atoms with Crippen LogP contribution in [0.3, 0.4) is 0 Å². The SMILES string of the molecule is COc1ccccc1NS(=O)(=O)c1ccc(C(=O)N(C)CC(C)C)cc1. The summed E-state index contributed by atoms with van der Waals surface area (Å²) in [5.41, 5.74) is 0.802. The Morgan fingerprint density at radius 3 is 2.31 bits per heavy atom. The van der Waals surface area contributed by atoms with Gasteiger partial charge in [-0.25, -0.2) is 8.42 Å². The molecule has 0 radical (unpaired) electrons. The van der Waals surface area contributed by atoms with Crippen molar-refractivity contribution < 1.29 is 17.9 Å². The molecule has 0 heterocycles. The van der Waals surface area contributed by atoms with Crippen molar-refractivity contribution in [2.45, 2.75) is 18.7 Å². The molecule has 2 aromatic rings. The van der Waals surface area contributed by atoms with Gasteiger partial charge in [0, 0.05) is 19.2 Å². The van der Waals surface area contributed by atoms with Gasteiger partial charge in [0.2, 0.25) is 0 Å². The number of rotatable bonds is 7.